The van der Waals surface area contributed by atoms with E-state index in [1.165, 1.54) is 5.56 Å². The van der Waals surface area contributed by atoms with Crippen molar-refractivity contribution in [2.75, 3.05) is 13.2 Å². The first-order valence-electron chi connectivity index (χ1n) is 12.5. The van der Waals surface area contributed by atoms with Crippen LogP contribution < -0.4 is 0 Å². The molecule has 0 bridgehead atoms. The van der Waals surface area contributed by atoms with Crippen molar-refractivity contribution in [3.63, 3.8) is 0 Å². The van der Waals surface area contributed by atoms with Crippen molar-refractivity contribution in [1.82, 2.24) is 4.90 Å². The quantitative estimate of drug-likeness (QED) is 0.248. The Morgan fingerprint density at radius 1 is 1.31 bits per heavy atom. The van der Waals surface area contributed by atoms with Gasteiger partial charge in [-0.15, -0.1) is 12.3 Å². The number of aliphatic hydroxyl groups is 1. The van der Waals surface area contributed by atoms with Gasteiger partial charge in [0.05, 0.1) is 16.8 Å². The van der Waals surface area contributed by atoms with E-state index in [1.54, 1.807) is 29.2 Å². The highest BCUT2D eigenvalue weighted by molar-refractivity contribution is 6.31. The number of halogens is 1. The van der Waals surface area contributed by atoms with Crippen LogP contribution in [0.4, 0.5) is 0 Å². The van der Waals surface area contributed by atoms with E-state index in [4.69, 9.17) is 16.3 Å². The molecule has 0 saturated heterocycles. The number of ether oxygens (including phenoxy) is 1. The number of ketones is 1. The lowest BCUT2D eigenvalue weighted by Crippen LogP contribution is -2.45. The topological polar surface area (TPSA) is 66.8 Å². The van der Waals surface area contributed by atoms with Gasteiger partial charge in [0.15, 0.2) is 5.78 Å². The Labute approximate surface area is 219 Å². The number of benzene rings is 1. The first kappa shape index (κ1) is 27.9. The van der Waals surface area contributed by atoms with Crippen molar-refractivity contribution in [2.24, 2.45) is 11.3 Å². The third-order valence-electron chi connectivity index (χ3n) is 6.55. The van der Waals surface area contributed by atoms with E-state index in [0.29, 0.717) is 16.3 Å². The minimum absolute atomic E-state index is 0.0903. The molecule has 1 aliphatic heterocycles. The van der Waals surface area contributed by atoms with Gasteiger partial charge in [-0.25, -0.2) is 0 Å². The predicted octanol–water partition coefficient (Wildman–Crippen LogP) is 5.75. The van der Waals surface area contributed by atoms with Crippen LogP contribution in [0.3, 0.4) is 0 Å². The van der Waals surface area contributed by atoms with Crippen molar-refractivity contribution in [3.8, 4) is 0 Å². The predicted molar refractivity (Wildman–Crippen MR) is 144 cm³/mol. The molecule has 0 fully saturated rings. The van der Waals surface area contributed by atoms with Gasteiger partial charge in [-0.2, -0.15) is 0 Å². The van der Waals surface area contributed by atoms with Crippen molar-refractivity contribution in [3.05, 3.63) is 88.3 Å². The van der Waals surface area contributed by atoms with Gasteiger partial charge in [0.1, 0.15) is 6.10 Å². The fourth-order valence-corrected chi connectivity index (χ4v) is 4.45. The van der Waals surface area contributed by atoms with E-state index in [1.807, 2.05) is 45.0 Å². The molecule has 1 N–H and O–H groups in total. The Hall–Kier alpha value is -2.69. The van der Waals surface area contributed by atoms with Crippen LogP contribution in [0.5, 0.6) is 0 Å². The van der Waals surface area contributed by atoms with Crippen LogP contribution in [0.1, 0.15) is 56.5 Å². The summed E-state index contributed by atoms with van der Waals surface area (Å²) in [6.07, 6.45) is 7.34. The molecule has 1 aromatic rings. The molecule has 3 rings (SSSR count). The molecule has 36 heavy (non-hydrogen) atoms. The average Bonchev–Trinajstić information content (AvgIpc) is 3.11. The van der Waals surface area contributed by atoms with Gasteiger partial charge in [0, 0.05) is 42.0 Å². The summed E-state index contributed by atoms with van der Waals surface area (Å²) in [4.78, 5) is 28.8. The highest BCUT2D eigenvalue weighted by Gasteiger charge is 2.40. The number of rotatable bonds is 10. The molecule has 5 nitrogen and oxygen atoms in total. The Kier molecular flexibility index (Phi) is 9.32. The van der Waals surface area contributed by atoms with Crippen LogP contribution in [0.25, 0.3) is 0 Å². The number of hydrogen-bond donors (Lipinski definition) is 1. The van der Waals surface area contributed by atoms with E-state index in [-0.39, 0.29) is 37.2 Å². The van der Waals surface area contributed by atoms with E-state index < -0.39 is 17.6 Å². The molecule has 6 heteroatoms. The number of allylic oxidation sites excluding steroid dienone is 2. The molecular formula is C30H36ClNO4. The summed E-state index contributed by atoms with van der Waals surface area (Å²) in [5, 5.41) is 10.4. The smallest absolute Gasteiger partial charge is 0.256 e. The first-order valence-corrected chi connectivity index (χ1v) is 12.8. The first-order chi connectivity index (χ1) is 17.1. The summed E-state index contributed by atoms with van der Waals surface area (Å²) in [7, 11) is 0. The number of carbonyl (C=O) groups excluding carboxylic acids is 2. The number of Topliss-reactive ketones (excluding diaryl/α,β-unsaturated/α-hetero) is 1. The Bertz CT molecular complexity index is 1120. The summed E-state index contributed by atoms with van der Waals surface area (Å²) < 4.78 is 6.41. The summed E-state index contributed by atoms with van der Waals surface area (Å²) in [5.74, 6) is -0.633. The fourth-order valence-electron chi connectivity index (χ4n) is 4.33. The highest BCUT2D eigenvalue weighted by atomic mass is 35.5. The number of amides is 1. The normalized spacial score (nSPS) is 21.0. The van der Waals surface area contributed by atoms with E-state index in [2.05, 4.69) is 19.2 Å². The Balaban J connectivity index is 2.03. The summed E-state index contributed by atoms with van der Waals surface area (Å²) in [6, 6.07) is 7.55. The molecule has 1 aromatic carbocycles. The van der Waals surface area contributed by atoms with Crippen LogP contribution in [-0.2, 0) is 16.0 Å². The highest BCUT2D eigenvalue weighted by Crippen LogP contribution is 2.34. The molecule has 2 aliphatic rings. The van der Waals surface area contributed by atoms with E-state index in [9.17, 15) is 14.7 Å². The lowest BCUT2D eigenvalue weighted by atomic mass is 9.92. The second-order valence-corrected chi connectivity index (χ2v) is 10.7. The minimum Gasteiger partial charge on any atom is -0.396 e. The van der Waals surface area contributed by atoms with Gasteiger partial charge in [-0.1, -0.05) is 76.1 Å². The molecular weight excluding hydrogens is 474 g/mol. The maximum absolute atomic E-state index is 13.9. The van der Waals surface area contributed by atoms with Crippen LogP contribution in [0.15, 0.2) is 77.2 Å². The van der Waals surface area contributed by atoms with Crippen LogP contribution in [-0.4, -0.2) is 47.1 Å². The molecule has 0 radical (unpaired) electrons. The molecule has 1 heterocycles. The largest absolute Gasteiger partial charge is 0.396 e. The van der Waals surface area contributed by atoms with E-state index >= 15 is 0 Å². The van der Waals surface area contributed by atoms with Crippen LogP contribution >= 0.6 is 11.6 Å². The Morgan fingerprint density at radius 3 is 2.61 bits per heavy atom. The third kappa shape index (κ3) is 6.54. The van der Waals surface area contributed by atoms with Gasteiger partial charge in [0.25, 0.3) is 5.91 Å². The third-order valence-corrected chi connectivity index (χ3v) is 6.78. The van der Waals surface area contributed by atoms with Crippen LogP contribution in [0, 0.1) is 11.3 Å². The molecule has 1 amide bonds. The van der Waals surface area contributed by atoms with E-state index in [0.717, 1.165) is 18.4 Å². The van der Waals surface area contributed by atoms with Gasteiger partial charge in [-0.3, -0.25) is 9.59 Å². The van der Waals surface area contributed by atoms with Gasteiger partial charge in [0.2, 0.25) is 0 Å². The SMILES string of the molecule is C=CC(C)C1O[C@H](CC(=O)c2ccc(CCC)cc2)C(=O)N(CC(C)(C)CO)C2=C1C=C=C(Cl)C=C2. The second-order valence-electron chi connectivity index (χ2n) is 10.3. The van der Waals surface area contributed by atoms with Crippen molar-refractivity contribution in [1.29, 1.82) is 0 Å². The lowest BCUT2D eigenvalue weighted by molar-refractivity contribution is -0.144. The zero-order chi connectivity index (χ0) is 26.5. The maximum atomic E-state index is 13.9. The molecule has 1 aliphatic carbocycles. The summed E-state index contributed by atoms with van der Waals surface area (Å²) in [5.41, 5.74) is 5.53. The Morgan fingerprint density at radius 2 is 2.00 bits per heavy atom. The lowest BCUT2D eigenvalue weighted by Gasteiger charge is -2.33. The molecule has 0 aromatic heterocycles. The molecule has 0 saturated carbocycles. The molecule has 3 atom stereocenters. The number of aliphatic hydroxyl groups excluding tert-OH is 1. The van der Waals surface area contributed by atoms with Crippen molar-refractivity contribution < 1.29 is 19.4 Å². The van der Waals surface area contributed by atoms with Crippen molar-refractivity contribution >= 4 is 23.3 Å². The number of nitrogens with zero attached hydrogens (tertiary/aromatic N) is 1. The van der Waals surface area contributed by atoms with Gasteiger partial charge < -0.3 is 14.7 Å². The number of hydrogen-bond acceptors (Lipinski definition) is 4. The molecule has 192 valence electrons. The monoisotopic (exact) mass is 509 g/mol. The average molecular weight is 510 g/mol. The number of carbonyl (C=O) groups is 2. The zero-order valence-corrected chi connectivity index (χ0v) is 22.3. The zero-order valence-electron chi connectivity index (χ0n) is 21.6. The number of aryl methyl sites for hydroxylation is 1. The van der Waals surface area contributed by atoms with Crippen molar-refractivity contribution in [2.45, 2.75) is 59.2 Å². The van der Waals surface area contributed by atoms with Gasteiger partial charge in [-0.05, 0) is 30.2 Å². The standard InChI is InChI=1S/C30H36ClNO4/c1-6-8-21-9-11-22(12-10-21)26(34)17-27-29(35)32(18-30(4,5)19-33)25-16-14-23(31)13-15-24(25)28(36-27)20(3)7-2/h7,9-12,14-16,20,27-28,33H,2,6,8,17-19H2,1,3-5H3/t20?,27-,28?/m1/s1. The maximum Gasteiger partial charge on any atom is 0.256 e. The fraction of sp³-hybridized carbons (Fsp3) is 0.433. The second kappa shape index (κ2) is 12.0. The molecule has 2 unspecified atom stereocenters. The van der Waals surface area contributed by atoms with Crippen LogP contribution in [0.2, 0.25) is 0 Å². The molecule has 0 spiro atoms. The summed E-state index contributed by atoms with van der Waals surface area (Å²) >= 11 is 6.24. The minimum atomic E-state index is -0.997. The summed E-state index contributed by atoms with van der Waals surface area (Å²) in [6.45, 7) is 11.9. The van der Waals surface area contributed by atoms with Gasteiger partial charge >= 0.3 is 0 Å².